The predicted octanol–water partition coefficient (Wildman–Crippen LogP) is 4.12. The fourth-order valence-corrected chi connectivity index (χ4v) is 3.53. The molecule has 0 radical (unpaired) electrons. The summed E-state index contributed by atoms with van der Waals surface area (Å²) in [5.74, 6) is -0.666. The smallest absolute Gasteiger partial charge is 0.387 e. The Labute approximate surface area is 184 Å². The third-order valence-electron chi connectivity index (χ3n) is 5.76. The van der Waals surface area contributed by atoms with E-state index in [2.05, 4.69) is 10.3 Å². The molecule has 3 aromatic rings. The lowest BCUT2D eigenvalue weighted by Crippen LogP contribution is -2.26. The molecule has 7 nitrogen and oxygen atoms in total. The van der Waals surface area contributed by atoms with Gasteiger partial charge in [-0.2, -0.15) is 8.78 Å². The first kappa shape index (κ1) is 22.0. The SMILES string of the molecule is CCC(C)(O)c1ccn2c(-c3cc(OC)c(C(=O)NC4CC4)c(OC(F)F)c3)cnc2c1. The molecule has 1 amide bonds. The van der Waals surface area contributed by atoms with Crippen molar-refractivity contribution in [2.45, 2.75) is 51.4 Å². The third kappa shape index (κ3) is 4.25. The molecule has 2 heterocycles. The number of benzene rings is 1. The van der Waals surface area contributed by atoms with Gasteiger partial charge in [-0.3, -0.25) is 9.20 Å². The highest BCUT2D eigenvalue weighted by atomic mass is 19.3. The van der Waals surface area contributed by atoms with Gasteiger partial charge in [0.25, 0.3) is 5.91 Å². The van der Waals surface area contributed by atoms with Crippen LogP contribution in [0.1, 0.15) is 49.0 Å². The van der Waals surface area contributed by atoms with E-state index in [1.54, 1.807) is 41.9 Å². The summed E-state index contributed by atoms with van der Waals surface area (Å²) in [5.41, 5.74) is 1.32. The second-order valence-corrected chi connectivity index (χ2v) is 8.09. The molecule has 1 aliphatic carbocycles. The molecule has 0 bridgehead atoms. The number of hydrogen-bond donors (Lipinski definition) is 2. The van der Waals surface area contributed by atoms with E-state index in [9.17, 15) is 18.7 Å². The van der Waals surface area contributed by atoms with Crippen molar-refractivity contribution < 1.29 is 28.2 Å². The van der Waals surface area contributed by atoms with Crippen molar-refractivity contribution in [1.29, 1.82) is 0 Å². The van der Waals surface area contributed by atoms with Crippen molar-refractivity contribution >= 4 is 11.6 Å². The minimum atomic E-state index is -3.11. The molecule has 1 unspecified atom stereocenters. The van der Waals surface area contributed by atoms with Crippen LogP contribution in [0.2, 0.25) is 0 Å². The van der Waals surface area contributed by atoms with Crippen LogP contribution in [0.3, 0.4) is 0 Å². The fraction of sp³-hybridized carbons (Fsp3) is 0.391. The van der Waals surface area contributed by atoms with Gasteiger partial charge in [0.2, 0.25) is 0 Å². The van der Waals surface area contributed by atoms with Crippen molar-refractivity contribution in [2.24, 2.45) is 0 Å². The van der Waals surface area contributed by atoms with Crippen LogP contribution in [0.5, 0.6) is 11.5 Å². The van der Waals surface area contributed by atoms with E-state index in [4.69, 9.17) is 9.47 Å². The van der Waals surface area contributed by atoms with Gasteiger partial charge in [-0.05, 0) is 56.0 Å². The van der Waals surface area contributed by atoms with Gasteiger partial charge in [0.15, 0.2) is 0 Å². The van der Waals surface area contributed by atoms with E-state index < -0.39 is 18.1 Å². The molecular formula is C23H25F2N3O4. The van der Waals surface area contributed by atoms with Gasteiger partial charge in [0, 0.05) is 17.8 Å². The van der Waals surface area contributed by atoms with E-state index in [1.807, 2.05) is 6.92 Å². The molecule has 1 aromatic carbocycles. The highest BCUT2D eigenvalue weighted by Gasteiger charge is 2.29. The lowest BCUT2D eigenvalue weighted by Gasteiger charge is -2.21. The summed E-state index contributed by atoms with van der Waals surface area (Å²) in [6.45, 7) is 0.509. The first-order valence-corrected chi connectivity index (χ1v) is 10.4. The van der Waals surface area contributed by atoms with Crippen LogP contribution in [0.15, 0.2) is 36.7 Å². The highest BCUT2D eigenvalue weighted by Crippen LogP contribution is 2.37. The number of ether oxygens (including phenoxy) is 2. The van der Waals surface area contributed by atoms with Gasteiger partial charge in [0.1, 0.15) is 22.7 Å². The van der Waals surface area contributed by atoms with Crippen molar-refractivity contribution in [2.75, 3.05) is 7.11 Å². The number of hydrogen-bond acceptors (Lipinski definition) is 5. The fourth-order valence-electron chi connectivity index (χ4n) is 3.53. The second kappa shape index (κ2) is 8.38. The molecule has 32 heavy (non-hydrogen) atoms. The highest BCUT2D eigenvalue weighted by molar-refractivity contribution is 6.01. The van der Waals surface area contributed by atoms with Crippen LogP contribution >= 0.6 is 0 Å². The van der Waals surface area contributed by atoms with E-state index in [1.165, 1.54) is 13.2 Å². The summed E-state index contributed by atoms with van der Waals surface area (Å²) in [6, 6.07) is 6.58. The van der Waals surface area contributed by atoms with Crippen LogP contribution in [0.25, 0.3) is 16.9 Å². The number of aromatic nitrogens is 2. The van der Waals surface area contributed by atoms with E-state index in [0.717, 1.165) is 18.4 Å². The van der Waals surface area contributed by atoms with Gasteiger partial charge in [-0.15, -0.1) is 0 Å². The van der Waals surface area contributed by atoms with Crippen molar-refractivity contribution in [3.05, 3.63) is 47.8 Å². The summed E-state index contributed by atoms with van der Waals surface area (Å²) in [7, 11) is 1.37. The Morgan fingerprint density at radius 1 is 1.34 bits per heavy atom. The number of aliphatic hydroxyl groups is 1. The summed E-state index contributed by atoms with van der Waals surface area (Å²) in [5, 5.41) is 13.3. The van der Waals surface area contributed by atoms with Crippen LogP contribution < -0.4 is 14.8 Å². The average Bonchev–Trinajstić information content (AvgIpc) is 3.47. The number of methoxy groups -OCH3 is 1. The largest absolute Gasteiger partial charge is 0.496 e. The zero-order valence-corrected chi connectivity index (χ0v) is 18.1. The standard InChI is InChI=1S/C23H25F2N3O4/c1-4-23(2,30)14-7-8-28-16(12-26-19(28)11-14)13-9-17(31-3)20(18(10-13)32-22(24)25)21(29)27-15-5-6-15/h7-12,15,22,30H,4-6H2,1-3H3,(H,27,29). The minimum absolute atomic E-state index is 0.0413. The summed E-state index contributed by atoms with van der Waals surface area (Å²) in [6.07, 6.45) is 5.58. The molecule has 0 spiro atoms. The zero-order chi connectivity index (χ0) is 23.0. The number of rotatable bonds is 8. The van der Waals surface area contributed by atoms with Gasteiger partial charge >= 0.3 is 6.61 Å². The molecule has 9 heteroatoms. The molecule has 2 N–H and O–H groups in total. The predicted molar refractivity (Wildman–Crippen MR) is 114 cm³/mol. The normalized spacial score (nSPS) is 15.6. The maximum absolute atomic E-state index is 13.2. The summed E-state index contributed by atoms with van der Waals surface area (Å²) >= 11 is 0. The molecule has 1 atom stereocenters. The molecule has 0 saturated heterocycles. The van der Waals surface area contributed by atoms with Crippen LogP contribution in [-0.4, -0.2) is 40.2 Å². The number of nitrogens with zero attached hydrogens (tertiary/aromatic N) is 2. The Balaban J connectivity index is 1.81. The van der Waals surface area contributed by atoms with Crippen molar-refractivity contribution in [1.82, 2.24) is 14.7 Å². The number of nitrogens with one attached hydrogen (secondary N) is 1. The Bertz CT molecular complexity index is 1160. The number of amides is 1. The first-order valence-electron chi connectivity index (χ1n) is 10.4. The number of carbonyl (C=O) groups is 1. The van der Waals surface area contributed by atoms with Crippen molar-refractivity contribution in [3.63, 3.8) is 0 Å². The van der Waals surface area contributed by atoms with E-state index in [0.29, 0.717) is 23.3 Å². The molecule has 4 rings (SSSR count). The Kier molecular flexibility index (Phi) is 5.77. The minimum Gasteiger partial charge on any atom is -0.496 e. The Morgan fingerprint density at radius 3 is 2.69 bits per heavy atom. The van der Waals surface area contributed by atoms with Crippen LogP contribution in [0.4, 0.5) is 8.78 Å². The number of fused-ring (bicyclic) bond motifs is 1. The number of pyridine rings is 1. The average molecular weight is 445 g/mol. The Morgan fingerprint density at radius 2 is 2.06 bits per heavy atom. The topological polar surface area (TPSA) is 85.1 Å². The quantitative estimate of drug-likeness (QED) is 0.545. The van der Waals surface area contributed by atoms with E-state index >= 15 is 0 Å². The van der Waals surface area contributed by atoms with Crippen LogP contribution in [-0.2, 0) is 5.60 Å². The first-order chi connectivity index (χ1) is 15.2. The maximum atomic E-state index is 13.2. The molecule has 0 aliphatic heterocycles. The molecule has 1 fully saturated rings. The number of halogens is 2. The lowest BCUT2D eigenvalue weighted by atomic mass is 9.94. The van der Waals surface area contributed by atoms with E-state index in [-0.39, 0.29) is 23.1 Å². The number of alkyl halides is 2. The lowest BCUT2D eigenvalue weighted by molar-refractivity contribution is -0.0502. The van der Waals surface area contributed by atoms with Gasteiger partial charge in [-0.25, -0.2) is 4.98 Å². The molecule has 2 aromatic heterocycles. The molecular weight excluding hydrogens is 420 g/mol. The molecule has 170 valence electrons. The maximum Gasteiger partial charge on any atom is 0.387 e. The van der Waals surface area contributed by atoms with Gasteiger partial charge in [0.05, 0.1) is 24.6 Å². The molecule has 1 aliphatic rings. The number of carbonyl (C=O) groups excluding carboxylic acids is 1. The monoisotopic (exact) mass is 445 g/mol. The molecule has 1 saturated carbocycles. The van der Waals surface area contributed by atoms with Crippen molar-refractivity contribution in [3.8, 4) is 22.8 Å². The summed E-state index contributed by atoms with van der Waals surface area (Å²) < 4.78 is 38.1. The zero-order valence-electron chi connectivity index (χ0n) is 18.1. The Hall–Kier alpha value is -3.20. The van der Waals surface area contributed by atoms with Gasteiger partial charge < -0.3 is 19.9 Å². The summed E-state index contributed by atoms with van der Waals surface area (Å²) in [4.78, 5) is 17.1. The van der Waals surface area contributed by atoms with Crippen LogP contribution in [0, 0.1) is 0 Å². The third-order valence-corrected chi connectivity index (χ3v) is 5.76. The van der Waals surface area contributed by atoms with Gasteiger partial charge in [-0.1, -0.05) is 6.92 Å². The second-order valence-electron chi connectivity index (χ2n) is 8.09. The number of imidazole rings is 1.